The molecule has 3 rings (SSSR count). The van der Waals surface area contributed by atoms with Gasteiger partial charge < -0.3 is 9.64 Å². The lowest BCUT2D eigenvalue weighted by Gasteiger charge is -2.08. The fourth-order valence-electron chi connectivity index (χ4n) is 2.48. The van der Waals surface area contributed by atoms with Crippen molar-refractivity contribution in [1.82, 2.24) is 0 Å². The molecule has 2 aromatic carbocycles. The average molecular weight is 344 g/mol. The van der Waals surface area contributed by atoms with E-state index < -0.39 is 0 Å². The van der Waals surface area contributed by atoms with Crippen molar-refractivity contribution >= 4 is 39.2 Å². The first-order chi connectivity index (χ1) is 10.1. The molecular weight excluding hydrogens is 330 g/mol. The predicted octanol–water partition coefficient (Wildman–Crippen LogP) is 3.97. The van der Waals surface area contributed by atoms with E-state index in [9.17, 15) is 4.79 Å². The van der Waals surface area contributed by atoms with Crippen molar-refractivity contribution in [1.29, 1.82) is 0 Å². The number of hydrogen-bond acceptors (Lipinski definition) is 2. The summed E-state index contributed by atoms with van der Waals surface area (Å²) in [6, 6.07) is 13.6. The number of amides is 1. The smallest absolute Gasteiger partial charge is 0.258 e. The first kappa shape index (κ1) is 13.9. The van der Waals surface area contributed by atoms with Gasteiger partial charge in [0.2, 0.25) is 0 Å². The second-order valence-electron chi connectivity index (χ2n) is 4.83. The van der Waals surface area contributed by atoms with Crippen LogP contribution in [0.15, 0.2) is 46.9 Å². The summed E-state index contributed by atoms with van der Waals surface area (Å²) in [4.78, 5) is 14.1. The number of benzene rings is 2. The third kappa shape index (κ3) is 2.36. The van der Waals surface area contributed by atoms with Crippen molar-refractivity contribution in [3.05, 3.63) is 58.1 Å². The molecule has 0 aliphatic carbocycles. The fourth-order valence-corrected chi connectivity index (χ4v) is 3.04. The third-order valence-electron chi connectivity index (χ3n) is 3.58. The summed E-state index contributed by atoms with van der Waals surface area (Å²) in [7, 11) is 3.43. The van der Waals surface area contributed by atoms with Crippen LogP contribution < -0.4 is 9.64 Å². The number of likely N-dealkylation sites (N-methyl/N-ethyl adjacent to an activating group) is 1. The highest BCUT2D eigenvalue weighted by molar-refractivity contribution is 9.10. The SMILES string of the molecule is COc1ccc(/C=C2\C(=O)N(C)c3ccccc32)cc1Br. The highest BCUT2D eigenvalue weighted by Gasteiger charge is 2.28. The van der Waals surface area contributed by atoms with Gasteiger partial charge in [-0.25, -0.2) is 0 Å². The highest BCUT2D eigenvalue weighted by Crippen LogP contribution is 2.37. The monoisotopic (exact) mass is 343 g/mol. The summed E-state index contributed by atoms with van der Waals surface area (Å²) in [5, 5.41) is 0. The topological polar surface area (TPSA) is 29.5 Å². The molecule has 21 heavy (non-hydrogen) atoms. The van der Waals surface area contributed by atoms with Crippen LogP contribution >= 0.6 is 15.9 Å². The molecule has 0 radical (unpaired) electrons. The van der Waals surface area contributed by atoms with Gasteiger partial charge in [-0.2, -0.15) is 0 Å². The second-order valence-corrected chi connectivity index (χ2v) is 5.69. The lowest BCUT2D eigenvalue weighted by molar-refractivity contribution is -0.112. The molecule has 4 heteroatoms. The number of methoxy groups -OCH3 is 1. The van der Waals surface area contributed by atoms with Gasteiger partial charge in [-0.3, -0.25) is 4.79 Å². The Morgan fingerprint density at radius 3 is 2.67 bits per heavy atom. The van der Waals surface area contributed by atoms with Gasteiger partial charge in [0.15, 0.2) is 0 Å². The number of carbonyl (C=O) groups excluding carboxylic acids is 1. The number of nitrogens with zero attached hydrogens (tertiary/aromatic N) is 1. The fraction of sp³-hybridized carbons (Fsp3) is 0.118. The van der Waals surface area contributed by atoms with Gasteiger partial charge in [0.1, 0.15) is 5.75 Å². The molecule has 2 aromatic rings. The van der Waals surface area contributed by atoms with E-state index in [4.69, 9.17) is 4.74 Å². The van der Waals surface area contributed by atoms with E-state index in [0.717, 1.165) is 27.0 Å². The number of rotatable bonds is 2. The lowest BCUT2D eigenvalue weighted by atomic mass is 10.0. The maximum atomic E-state index is 12.4. The lowest BCUT2D eigenvalue weighted by Crippen LogP contribution is -2.20. The Morgan fingerprint density at radius 1 is 1.19 bits per heavy atom. The molecule has 0 fully saturated rings. The van der Waals surface area contributed by atoms with Crippen molar-refractivity contribution in [3.8, 4) is 5.75 Å². The van der Waals surface area contributed by atoms with Crippen LogP contribution in [-0.2, 0) is 4.79 Å². The van der Waals surface area contributed by atoms with Crippen molar-refractivity contribution in [2.75, 3.05) is 19.1 Å². The molecule has 0 bridgehead atoms. The molecule has 0 atom stereocenters. The van der Waals surface area contributed by atoms with E-state index in [1.807, 2.05) is 48.5 Å². The van der Waals surface area contributed by atoms with Crippen LogP contribution in [-0.4, -0.2) is 20.1 Å². The van der Waals surface area contributed by atoms with Crippen LogP contribution in [0, 0.1) is 0 Å². The zero-order chi connectivity index (χ0) is 15.0. The summed E-state index contributed by atoms with van der Waals surface area (Å²) in [6.07, 6.45) is 1.91. The van der Waals surface area contributed by atoms with Gasteiger partial charge in [0.05, 0.1) is 17.3 Å². The molecule has 0 unspecified atom stereocenters. The van der Waals surface area contributed by atoms with E-state index >= 15 is 0 Å². The predicted molar refractivity (Wildman–Crippen MR) is 88.4 cm³/mol. The van der Waals surface area contributed by atoms with Crippen LogP contribution in [0.1, 0.15) is 11.1 Å². The molecule has 0 N–H and O–H groups in total. The number of carbonyl (C=O) groups is 1. The van der Waals surface area contributed by atoms with Crippen LogP contribution in [0.5, 0.6) is 5.75 Å². The Bertz CT molecular complexity index is 752. The molecule has 0 saturated carbocycles. The standard InChI is InChI=1S/C17H14BrNO2/c1-19-15-6-4-3-5-12(15)13(17(19)20)9-11-7-8-16(21-2)14(18)10-11/h3-10H,1-2H3/b13-9-. The van der Waals surface area contributed by atoms with Crippen LogP contribution in [0.3, 0.4) is 0 Å². The quantitative estimate of drug-likeness (QED) is 0.772. The molecule has 1 aliphatic heterocycles. The zero-order valence-corrected chi connectivity index (χ0v) is 13.3. The number of para-hydroxylation sites is 1. The van der Waals surface area contributed by atoms with Crippen molar-refractivity contribution in [3.63, 3.8) is 0 Å². The maximum absolute atomic E-state index is 12.4. The summed E-state index contributed by atoms with van der Waals surface area (Å²) in [5.41, 5.74) is 3.58. The van der Waals surface area contributed by atoms with E-state index in [0.29, 0.717) is 5.57 Å². The summed E-state index contributed by atoms with van der Waals surface area (Å²) >= 11 is 3.47. The largest absolute Gasteiger partial charge is 0.496 e. The third-order valence-corrected chi connectivity index (χ3v) is 4.20. The minimum atomic E-state index is 0.0168. The van der Waals surface area contributed by atoms with Gasteiger partial charge in [-0.1, -0.05) is 24.3 Å². The van der Waals surface area contributed by atoms with Gasteiger partial charge in [0, 0.05) is 18.2 Å². The molecule has 0 saturated heterocycles. The van der Waals surface area contributed by atoms with E-state index in [2.05, 4.69) is 15.9 Å². The minimum Gasteiger partial charge on any atom is -0.496 e. The molecule has 1 aliphatic rings. The second kappa shape index (κ2) is 5.37. The summed E-state index contributed by atoms with van der Waals surface area (Å²) in [5.74, 6) is 0.788. The van der Waals surface area contributed by atoms with E-state index in [-0.39, 0.29) is 5.91 Å². The Hall–Kier alpha value is -2.07. The molecule has 0 aromatic heterocycles. The van der Waals surface area contributed by atoms with Gasteiger partial charge in [-0.05, 0) is 45.8 Å². The average Bonchev–Trinajstić information content (AvgIpc) is 2.73. The molecule has 1 heterocycles. The molecule has 106 valence electrons. The molecule has 3 nitrogen and oxygen atoms in total. The first-order valence-corrected chi connectivity index (χ1v) is 7.34. The van der Waals surface area contributed by atoms with Crippen LogP contribution in [0.2, 0.25) is 0 Å². The van der Waals surface area contributed by atoms with Crippen LogP contribution in [0.4, 0.5) is 5.69 Å². The summed E-state index contributed by atoms with van der Waals surface area (Å²) in [6.45, 7) is 0. The highest BCUT2D eigenvalue weighted by atomic mass is 79.9. The first-order valence-electron chi connectivity index (χ1n) is 6.54. The number of hydrogen-bond donors (Lipinski definition) is 0. The molecule has 0 spiro atoms. The number of ether oxygens (including phenoxy) is 1. The van der Waals surface area contributed by atoms with Crippen LogP contribution in [0.25, 0.3) is 11.6 Å². The Labute approximate surface area is 132 Å². The van der Waals surface area contributed by atoms with Crippen molar-refractivity contribution in [2.45, 2.75) is 0 Å². The number of anilines is 1. The number of fused-ring (bicyclic) bond motifs is 1. The number of halogens is 1. The van der Waals surface area contributed by atoms with Gasteiger partial charge in [0.25, 0.3) is 5.91 Å². The molecule has 1 amide bonds. The normalized spacial score (nSPS) is 15.5. The molecular formula is C17H14BrNO2. The van der Waals surface area contributed by atoms with Gasteiger partial charge in [-0.15, -0.1) is 0 Å². The Balaban J connectivity index is 2.08. The van der Waals surface area contributed by atoms with Gasteiger partial charge >= 0.3 is 0 Å². The van der Waals surface area contributed by atoms with Crippen molar-refractivity contribution < 1.29 is 9.53 Å². The summed E-state index contributed by atoms with van der Waals surface area (Å²) < 4.78 is 6.09. The zero-order valence-electron chi connectivity index (χ0n) is 11.8. The van der Waals surface area contributed by atoms with E-state index in [1.165, 1.54) is 0 Å². The Kier molecular flexibility index (Phi) is 3.55. The Morgan fingerprint density at radius 2 is 1.95 bits per heavy atom. The van der Waals surface area contributed by atoms with E-state index in [1.54, 1.807) is 19.1 Å². The maximum Gasteiger partial charge on any atom is 0.258 e. The van der Waals surface area contributed by atoms with Crippen molar-refractivity contribution in [2.24, 2.45) is 0 Å². The minimum absolute atomic E-state index is 0.0168.